The fourth-order valence-electron chi connectivity index (χ4n) is 2.42. The number of aromatic nitrogens is 2. The molecule has 0 aromatic carbocycles. The van der Waals surface area contributed by atoms with Gasteiger partial charge < -0.3 is 9.63 Å². The van der Waals surface area contributed by atoms with Crippen molar-refractivity contribution in [3.05, 3.63) is 11.7 Å². The lowest BCUT2D eigenvalue weighted by Gasteiger charge is -2.30. The van der Waals surface area contributed by atoms with E-state index in [1.807, 2.05) is 20.8 Å². The maximum absolute atomic E-state index is 10.7. The SMILES string of the molecule is CC(C)(C)c1nc(CN2CCC(CC(=O)O)CC2)no1. The Hall–Kier alpha value is -1.43. The first-order chi connectivity index (χ1) is 9.34. The molecule has 6 heteroatoms. The number of hydrogen-bond acceptors (Lipinski definition) is 5. The van der Waals surface area contributed by atoms with Crippen molar-refractivity contribution in [1.29, 1.82) is 0 Å². The number of piperidine rings is 1. The van der Waals surface area contributed by atoms with Gasteiger partial charge in [-0.05, 0) is 31.8 Å². The van der Waals surface area contributed by atoms with E-state index in [4.69, 9.17) is 9.63 Å². The van der Waals surface area contributed by atoms with E-state index < -0.39 is 5.97 Å². The first-order valence-electron chi connectivity index (χ1n) is 7.12. The summed E-state index contributed by atoms with van der Waals surface area (Å²) in [5.41, 5.74) is -0.125. The number of likely N-dealkylation sites (tertiary alicyclic amines) is 1. The first-order valence-corrected chi connectivity index (χ1v) is 7.12. The summed E-state index contributed by atoms with van der Waals surface area (Å²) >= 11 is 0. The third-order valence-electron chi connectivity index (χ3n) is 3.65. The van der Waals surface area contributed by atoms with Gasteiger partial charge in [0.15, 0.2) is 5.82 Å². The molecule has 1 N–H and O–H groups in total. The van der Waals surface area contributed by atoms with Crippen molar-refractivity contribution < 1.29 is 14.4 Å². The zero-order valence-corrected chi connectivity index (χ0v) is 12.4. The van der Waals surface area contributed by atoms with Crippen LogP contribution in [0.3, 0.4) is 0 Å². The predicted molar refractivity (Wildman–Crippen MR) is 73.3 cm³/mol. The fourth-order valence-corrected chi connectivity index (χ4v) is 2.42. The Labute approximate surface area is 119 Å². The van der Waals surface area contributed by atoms with Gasteiger partial charge in [0.2, 0.25) is 5.89 Å². The molecule has 0 unspecified atom stereocenters. The van der Waals surface area contributed by atoms with Crippen LogP contribution in [0.2, 0.25) is 0 Å². The lowest BCUT2D eigenvalue weighted by molar-refractivity contribution is -0.138. The minimum atomic E-state index is -0.698. The van der Waals surface area contributed by atoms with Crippen LogP contribution < -0.4 is 0 Å². The van der Waals surface area contributed by atoms with Crippen molar-refractivity contribution in [1.82, 2.24) is 15.0 Å². The number of carbonyl (C=O) groups is 1. The number of carboxylic acid groups (broad SMARTS) is 1. The van der Waals surface area contributed by atoms with Gasteiger partial charge in [-0.25, -0.2) is 0 Å². The molecule has 1 aliphatic heterocycles. The van der Waals surface area contributed by atoms with Gasteiger partial charge in [-0.2, -0.15) is 4.98 Å². The maximum Gasteiger partial charge on any atom is 0.303 e. The minimum absolute atomic E-state index is 0.125. The van der Waals surface area contributed by atoms with Gasteiger partial charge in [0.25, 0.3) is 0 Å². The summed E-state index contributed by atoms with van der Waals surface area (Å²) in [5, 5.41) is 12.8. The second-order valence-electron chi connectivity index (χ2n) is 6.58. The highest BCUT2D eigenvalue weighted by Crippen LogP contribution is 2.23. The second-order valence-corrected chi connectivity index (χ2v) is 6.58. The van der Waals surface area contributed by atoms with E-state index in [9.17, 15) is 4.79 Å². The van der Waals surface area contributed by atoms with Crippen LogP contribution in [-0.4, -0.2) is 39.2 Å². The Kier molecular flexibility index (Phi) is 4.42. The normalized spacial score (nSPS) is 18.4. The molecule has 112 valence electrons. The number of rotatable bonds is 4. The van der Waals surface area contributed by atoms with Crippen LogP contribution >= 0.6 is 0 Å². The smallest absolute Gasteiger partial charge is 0.303 e. The third kappa shape index (κ3) is 4.03. The lowest BCUT2D eigenvalue weighted by atomic mass is 9.94. The van der Waals surface area contributed by atoms with E-state index in [1.165, 1.54) is 0 Å². The average Bonchev–Trinajstić information content (AvgIpc) is 2.79. The molecule has 0 aliphatic carbocycles. The molecule has 0 radical (unpaired) electrons. The van der Waals surface area contributed by atoms with Crippen LogP contribution in [0.15, 0.2) is 4.52 Å². The summed E-state index contributed by atoms with van der Waals surface area (Å²) in [4.78, 5) is 17.4. The van der Waals surface area contributed by atoms with Gasteiger partial charge in [0.1, 0.15) is 0 Å². The van der Waals surface area contributed by atoms with E-state index >= 15 is 0 Å². The lowest BCUT2D eigenvalue weighted by Crippen LogP contribution is -2.34. The molecule has 1 aromatic rings. The Bertz CT molecular complexity index is 456. The number of hydrogen-bond donors (Lipinski definition) is 1. The van der Waals surface area contributed by atoms with Crippen molar-refractivity contribution >= 4 is 5.97 Å². The molecular weight excluding hydrogens is 258 g/mol. The van der Waals surface area contributed by atoms with Crippen molar-refractivity contribution in [2.75, 3.05) is 13.1 Å². The monoisotopic (exact) mass is 281 g/mol. The first kappa shape index (κ1) is 15.0. The van der Waals surface area contributed by atoms with Gasteiger partial charge in [-0.1, -0.05) is 25.9 Å². The average molecular weight is 281 g/mol. The van der Waals surface area contributed by atoms with Crippen LogP contribution in [0.25, 0.3) is 0 Å². The second kappa shape index (κ2) is 5.91. The highest BCUT2D eigenvalue weighted by Gasteiger charge is 2.25. The molecule has 0 amide bonds. The zero-order chi connectivity index (χ0) is 14.8. The molecule has 1 fully saturated rings. The molecular formula is C14H23N3O3. The molecule has 0 bridgehead atoms. The van der Waals surface area contributed by atoms with E-state index in [1.54, 1.807) is 0 Å². The van der Waals surface area contributed by atoms with Crippen LogP contribution in [0.1, 0.15) is 51.7 Å². The summed E-state index contributed by atoms with van der Waals surface area (Å²) in [6, 6.07) is 0. The molecule has 1 aliphatic rings. The van der Waals surface area contributed by atoms with Crippen LogP contribution in [0, 0.1) is 5.92 Å². The summed E-state index contributed by atoms with van der Waals surface area (Å²) < 4.78 is 5.28. The molecule has 2 rings (SSSR count). The van der Waals surface area contributed by atoms with Crippen molar-refractivity contribution in [2.24, 2.45) is 5.92 Å². The summed E-state index contributed by atoms with van der Waals surface area (Å²) in [6.45, 7) is 8.61. The molecule has 1 aromatic heterocycles. The Morgan fingerprint density at radius 3 is 2.55 bits per heavy atom. The Morgan fingerprint density at radius 1 is 1.40 bits per heavy atom. The van der Waals surface area contributed by atoms with Crippen molar-refractivity contribution in [2.45, 2.75) is 52.0 Å². The summed E-state index contributed by atoms with van der Waals surface area (Å²) in [5.74, 6) is 0.982. The molecule has 0 spiro atoms. The molecule has 20 heavy (non-hydrogen) atoms. The Balaban J connectivity index is 1.84. The summed E-state index contributed by atoms with van der Waals surface area (Å²) in [6.07, 6.45) is 2.14. The maximum atomic E-state index is 10.7. The standard InChI is InChI=1S/C14H23N3O3/c1-14(2,3)13-15-11(16-20-13)9-17-6-4-10(5-7-17)8-12(18)19/h10H,4-9H2,1-3H3,(H,18,19). The quantitative estimate of drug-likeness (QED) is 0.910. The van der Waals surface area contributed by atoms with Gasteiger partial charge in [0, 0.05) is 11.8 Å². The van der Waals surface area contributed by atoms with Crippen molar-refractivity contribution in [3.8, 4) is 0 Å². The molecule has 6 nitrogen and oxygen atoms in total. The number of carboxylic acids is 1. The zero-order valence-electron chi connectivity index (χ0n) is 12.4. The predicted octanol–water partition coefficient (Wildman–Crippen LogP) is 2.05. The minimum Gasteiger partial charge on any atom is -0.481 e. The molecule has 0 atom stereocenters. The van der Waals surface area contributed by atoms with E-state index in [0.29, 0.717) is 24.2 Å². The molecule has 0 saturated carbocycles. The largest absolute Gasteiger partial charge is 0.481 e. The third-order valence-corrected chi connectivity index (χ3v) is 3.65. The molecule has 1 saturated heterocycles. The van der Waals surface area contributed by atoms with E-state index in [0.717, 1.165) is 25.9 Å². The topological polar surface area (TPSA) is 79.5 Å². The number of aliphatic carboxylic acids is 1. The van der Waals surface area contributed by atoms with Crippen LogP contribution in [0.5, 0.6) is 0 Å². The highest BCUT2D eigenvalue weighted by molar-refractivity contribution is 5.67. The molecule has 2 heterocycles. The Morgan fingerprint density at radius 2 is 2.05 bits per heavy atom. The fraction of sp³-hybridized carbons (Fsp3) is 0.786. The number of nitrogens with zero attached hydrogens (tertiary/aromatic N) is 3. The van der Waals surface area contributed by atoms with Crippen LogP contribution in [0.4, 0.5) is 0 Å². The van der Waals surface area contributed by atoms with E-state index in [2.05, 4.69) is 15.0 Å². The van der Waals surface area contributed by atoms with Crippen molar-refractivity contribution in [3.63, 3.8) is 0 Å². The highest BCUT2D eigenvalue weighted by atomic mass is 16.5. The van der Waals surface area contributed by atoms with Gasteiger partial charge in [-0.15, -0.1) is 0 Å². The van der Waals surface area contributed by atoms with E-state index in [-0.39, 0.29) is 11.8 Å². The summed E-state index contributed by atoms with van der Waals surface area (Å²) in [7, 11) is 0. The van der Waals surface area contributed by atoms with Gasteiger partial charge in [-0.3, -0.25) is 9.69 Å². The van der Waals surface area contributed by atoms with Gasteiger partial charge in [0.05, 0.1) is 6.54 Å². The van der Waals surface area contributed by atoms with Gasteiger partial charge >= 0.3 is 5.97 Å². The van der Waals surface area contributed by atoms with Crippen LogP contribution in [-0.2, 0) is 16.8 Å².